The summed E-state index contributed by atoms with van der Waals surface area (Å²) >= 11 is 0. The first-order chi connectivity index (χ1) is 16.4. The van der Waals surface area contributed by atoms with Crippen molar-refractivity contribution in [1.82, 2.24) is 0 Å². The number of phosphoric ester groups is 1. The second-order valence-electron chi connectivity index (χ2n) is 13.3. The Morgan fingerprint density at radius 1 is 1.14 bits per heavy atom. The predicted molar refractivity (Wildman–Crippen MR) is 135 cm³/mol. The minimum Gasteiger partial charge on any atom is -0.393 e. The number of fused-ring (bicyclic) bond motifs is 5. The molecule has 5 N–H and O–H groups in total. The summed E-state index contributed by atoms with van der Waals surface area (Å²) < 4.78 is 16.4. The number of ketones is 1. The monoisotopic (exact) mass is 528 g/mol. The Kier molecular flexibility index (Phi) is 7.30. The molecular weight excluding hydrogens is 483 g/mol. The van der Waals surface area contributed by atoms with E-state index in [-0.39, 0.29) is 41.3 Å². The number of phosphoric acid groups is 1. The summed E-state index contributed by atoms with van der Waals surface area (Å²) in [5.74, 6) is -0.393. The van der Waals surface area contributed by atoms with E-state index in [0.717, 1.165) is 24.8 Å². The average Bonchev–Trinajstić information content (AvgIpc) is 3.03. The maximum atomic E-state index is 13.4. The fraction of sp³-hybridized carbons (Fsp3) is 0.889. The van der Waals surface area contributed by atoms with Gasteiger partial charge < -0.3 is 25.1 Å². The molecule has 0 aromatic carbocycles. The summed E-state index contributed by atoms with van der Waals surface area (Å²) in [6.45, 7) is 9.75. The molecule has 0 aliphatic heterocycles. The van der Waals surface area contributed by atoms with Gasteiger partial charge in [-0.15, -0.1) is 0 Å². The molecule has 3 fully saturated rings. The molecule has 4 aliphatic rings. The highest BCUT2D eigenvalue weighted by atomic mass is 31.2. The molecule has 4 rings (SSSR count). The molecule has 36 heavy (non-hydrogen) atoms. The fourth-order valence-electron chi connectivity index (χ4n) is 8.51. The summed E-state index contributed by atoms with van der Waals surface area (Å²) in [4.78, 5) is 32.0. The summed E-state index contributed by atoms with van der Waals surface area (Å²) in [6, 6.07) is 0. The van der Waals surface area contributed by atoms with Crippen molar-refractivity contribution >= 4 is 13.6 Å². The highest BCUT2D eigenvalue weighted by molar-refractivity contribution is 7.46. The van der Waals surface area contributed by atoms with Crippen molar-refractivity contribution < 1.29 is 39.0 Å². The lowest BCUT2D eigenvalue weighted by Crippen LogP contribution is -2.59. The molecule has 0 aromatic rings. The molecule has 0 aromatic heterocycles. The molecule has 8 nitrogen and oxygen atoms in total. The molecule has 206 valence electrons. The first-order valence-electron chi connectivity index (χ1n) is 13.5. The molecule has 0 radical (unpaired) electrons. The molecule has 0 spiro atoms. The van der Waals surface area contributed by atoms with Crippen LogP contribution in [0.15, 0.2) is 11.6 Å². The van der Waals surface area contributed by atoms with Gasteiger partial charge in [0.1, 0.15) is 0 Å². The Hall–Kier alpha value is -0.600. The minimum absolute atomic E-state index is 0.0310. The van der Waals surface area contributed by atoms with Crippen LogP contribution in [0.25, 0.3) is 0 Å². The van der Waals surface area contributed by atoms with E-state index >= 15 is 0 Å². The quantitative estimate of drug-likeness (QED) is 0.313. The molecule has 9 heteroatoms. The lowest BCUT2D eigenvalue weighted by molar-refractivity contribution is -0.142. The Labute approximate surface area is 214 Å². The van der Waals surface area contributed by atoms with Gasteiger partial charge in [0.05, 0.1) is 23.4 Å². The highest BCUT2D eigenvalue weighted by Gasteiger charge is 2.66. The third-order valence-corrected chi connectivity index (χ3v) is 11.3. The third-order valence-electron chi connectivity index (χ3n) is 10.7. The number of hydrogen-bond donors (Lipinski definition) is 5. The van der Waals surface area contributed by atoms with Crippen LogP contribution in [0.4, 0.5) is 0 Å². The van der Waals surface area contributed by atoms with Gasteiger partial charge in [-0.05, 0) is 106 Å². The van der Waals surface area contributed by atoms with E-state index < -0.39 is 36.6 Å². The largest absolute Gasteiger partial charge is 0.469 e. The molecule has 0 bridgehead atoms. The van der Waals surface area contributed by atoms with Gasteiger partial charge in [0.25, 0.3) is 0 Å². The Balaban J connectivity index is 1.58. The van der Waals surface area contributed by atoms with E-state index in [9.17, 15) is 34.5 Å². The van der Waals surface area contributed by atoms with Gasteiger partial charge in [0.2, 0.25) is 0 Å². The smallest absolute Gasteiger partial charge is 0.393 e. The molecule has 3 saturated carbocycles. The molecule has 0 unspecified atom stereocenters. The fourth-order valence-corrected chi connectivity index (χ4v) is 9.09. The number of hydrogen-bond acceptors (Lipinski definition) is 6. The standard InChI is InChI=1S/C27H45O8P/c1-16(22(28)9-10-24(2,3)30)18-8-13-27(31)20-15-23(29)21-14-17(35-36(32,33)34)6-11-25(21,4)19(20)7-12-26(18,27)5/h15-19,21-22,28,30-31H,6-14H2,1-5H3,(H2,32,33,34)/t16-,17+,18+,19-,21-,22+,25+,26+,27+/m0/s1. The number of aliphatic hydroxyl groups is 3. The van der Waals surface area contributed by atoms with Crippen LogP contribution in [0, 0.1) is 34.5 Å². The number of allylic oxidation sites excluding steroid dienone is 1. The summed E-state index contributed by atoms with van der Waals surface area (Å²) in [5.41, 5.74) is -1.98. The van der Waals surface area contributed by atoms with Crippen molar-refractivity contribution in [2.24, 2.45) is 34.5 Å². The Morgan fingerprint density at radius 3 is 2.42 bits per heavy atom. The third kappa shape index (κ3) is 4.81. The van der Waals surface area contributed by atoms with Crippen molar-refractivity contribution in [3.8, 4) is 0 Å². The van der Waals surface area contributed by atoms with Gasteiger partial charge in [-0.2, -0.15) is 0 Å². The number of carbonyl (C=O) groups excluding carboxylic acids is 1. The molecular formula is C27H45O8P. The molecule has 4 aliphatic carbocycles. The zero-order valence-electron chi connectivity index (χ0n) is 22.3. The topological polar surface area (TPSA) is 145 Å². The first kappa shape index (κ1) is 28.4. The van der Waals surface area contributed by atoms with E-state index in [1.807, 2.05) is 6.92 Å². The van der Waals surface area contributed by atoms with Crippen LogP contribution in [-0.4, -0.2) is 54.3 Å². The van der Waals surface area contributed by atoms with E-state index in [4.69, 9.17) is 4.52 Å². The van der Waals surface area contributed by atoms with E-state index in [1.165, 1.54) is 0 Å². The number of rotatable bonds is 7. The maximum absolute atomic E-state index is 13.4. The SMILES string of the molecule is C[C@H]([C@H](O)CCC(C)(C)O)[C@H]1CC[C@@]2(O)C3=CC(=O)[C@@H]4C[C@H](OP(=O)(O)O)CC[C@]4(C)[C@H]3CC[C@]12C. The van der Waals surface area contributed by atoms with E-state index in [0.29, 0.717) is 32.1 Å². The minimum atomic E-state index is -4.63. The van der Waals surface area contributed by atoms with Crippen LogP contribution in [0.5, 0.6) is 0 Å². The summed E-state index contributed by atoms with van der Waals surface area (Å²) in [6.07, 6.45) is 5.72. The van der Waals surface area contributed by atoms with E-state index in [2.05, 4.69) is 13.8 Å². The van der Waals surface area contributed by atoms with Crippen LogP contribution in [0.1, 0.15) is 92.4 Å². The summed E-state index contributed by atoms with van der Waals surface area (Å²) in [7, 11) is -4.63. The first-order valence-corrected chi connectivity index (χ1v) is 15.1. The molecule has 0 amide bonds. The normalized spacial score (nSPS) is 42.7. The highest BCUT2D eigenvalue weighted by Crippen LogP contribution is 2.68. The van der Waals surface area contributed by atoms with Crippen LogP contribution < -0.4 is 0 Å². The number of aliphatic hydroxyl groups excluding tert-OH is 1. The van der Waals surface area contributed by atoms with Crippen LogP contribution in [0.2, 0.25) is 0 Å². The van der Waals surface area contributed by atoms with Gasteiger partial charge in [0, 0.05) is 11.3 Å². The lowest BCUT2D eigenvalue weighted by atomic mass is 9.46. The molecule has 9 atom stereocenters. The van der Waals surface area contributed by atoms with Gasteiger partial charge in [-0.25, -0.2) is 4.57 Å². The maximum Gasteiger partial charge on any atom is 0.469 e. The molecule has 0 heterocycles. The Morgan fingerprint density at radius 2 is 1.81 bits per heavy atom. The van der Waals surface area contributed by atoms with Crippen molar-refractivity contribution in [2.45, 2.75) is 116 Å². The predicted octanol–water partition coefficient (Wildman–Crippen LogP) is 3.89. The summed E-state index contributed by atoms with van der Waals surface area (Å²) in [5, 5.41) is 33.4. The van der Waals surface area contributed by atoms with Crippen LogP contribution >= 0.6 is 7.82 Å². The zero-order valence-corrected chi connectivity index (χ0v) is 23.2. The van der Waals surface area contributed by atoms with Crippen LogP contribution in [0.3, 0.4) is 0 Å². The van der Waals surface area contributed by atoms with Crippen molar-refractivity contribution in [3.05, 3.63) is 11.6 Å². The van der Waals surface area contributed by atoms with Gasteiger partial charge in [0.15, 0.2) is 5.78 Å². The van der Waals surface area contributed by atoms with Gasteiger partial charge in [-0.1, -0.05) is 20.8 Å². The second-order valence-corrected chi connectivity index (χ2v) is 14.5. The second kappa shape index (κ2) is 9.25. The molecule has 0 saturated heterocycles. The van der Waals surface area contributed by atoms with Crippen molar-refractivity contribution in [3.63, 3.8) is 0 Å². The zero-order chi connectivity index (χ0) is 26.9. The van der Waals surface area contributed by atoms with Crippen molar-refractivity contribution in [2.75, 3.05) is 0 Å². The van der Waals surface area contributed by atoms with Crippen molar-refractivity contribution in [1.29, 1.82) is 0 Å². The van der Waals surface area contributed by atoms with Gasteiger partial charge in [-0.3, -0.25) is 9.32 Å². The number of carbonyl (C=O) groups is 1. The average molecular weight is 529 g/mol. The van der Waals surface area contributed by atoms with E-state index in [1.54, 1.807) is 19.9 Å². The lowest BCUT2D eigenvalue weighted by Gasteiger charge is -2.60. The van der Waals surface area contributed by atoms with Crippen LogP contribution in [-0.2, 0) is 13.9 Å². The Bertz CT molecular complexity index is 952. The van der Waals surface area contributed by atoms with Gasteiger partial charge >= 0.3 is 7.82 Å².